The summed E-state index contributed by atoms with van der Waals surface area (Å²) in [6.45, 7) is 3.37. The minimum Gasteiger partial charge on any atom is -0.392 e. The number of rotatable bonds is 4. The van der Waals surface area contributed by atoms with Crippen LogP contribution in [0.1, 0.15) is 45.4 Å². The van der Waals surface area contributed by atoms with Crippen LogP contribution < -0.4 is 10.5 Å². The smallest absolute Gasteiger partial charge is 0.280 e. The quantitative estimate of drug-likeness (QED) is 0.764. The van der Waals surface area contributed by atoms with Crippen LogP contribution in [0.15, 0.2) is 0 Å². The predicted molar refractivity (Wildman–Crippen MR) is 80.0 cm³/mol. The molecular formula is C12H23N3O2S2. The zero-order valence-electron chi connectivity index (χ0n) is 11.4. The molecule has 1 heterocycles. The molecule has 0 spiro atoms. The third-order valence-corrected chi connectivity index (χ3v) is 6.41. The van der Waals surface area contributed by atoms with Crippen LogP contribution in [-0.4, -0.2) is 36.3 Å². The van der Waals surface area contributed by atoms with E-state index in [4.69, 9.17) is 18.0 Å². The highest BCUT2D eigenvalue weighted by atomic mass is 32.2. The van der Waals surface area contributed by atoms with Gasteiger partial charge in [0.15, 0.2) is 0 Å². The number of nitrogens with two attached hydrogens (primary N) is 1. The monoisotopic (exact) mass is 305 g/mol. The topological polar surface area (TPSA) is 75.4 Å². The molecule has 0 radical (unpaired) electrons. The van der Waals surface area contributed by atoms with Crippen LogP contribution in [0.5, 0.6) is 0 Å². The summed E-state index contributed by atoms with van der Waals surface area (Å²) in [5.74, 6) is 0.610. The average Bonchev–Trinajstić information content (AvgIpc) is 2.86. The Labute approximate surface area is 121 Å². The lowest BCUT2D eigenvalue weighted by atomic mass is 9.78. The fourth-order valence-electron chi connectivity index (χ4n) is 2.89. The third kappa shape index (κ3) is 3.26. The van der Waals surface area contributed by atoms with Crippen LogP contribution in [-0.2, 0) is 10.2 Å². The fraction of sp³-hybridized carbons (Fsp3) is 0.917. The van der Waals surface area contributed by atoms with Crippen molar-refractivity contribution in [2.45, 2.75) is 51.0 Å². The predicted octanol–water partition coefficient (Wildman–Crippen LogP) is 1.15. The van der Waals surface area contributed by atoms with Crippen molar-refractivity contribution < 1.29 is 8.42 Å². The second-order valence-corrected chi connectivity index (χ2v) is 7.95. The molecule has 0 atom stereocenters. The van der Waals surface area contributed by atoms with E-state index >= 15 is 0 Å². The highest BCUT2D eigenvalue weighted by Crippen LogP contribution is 2.33. The summed E-state index contributed by atoms with van der Waals surface area (Å²) in [5, 5.41) is 0. The summed E-state index contributed by atoms with van der Waals surface area (Å²) in [6.07, 6.45) is 5.18. The number of hydrogen-bond donors (Lipinski definition) is 2. The summed E-state index contributed by atoms with van der Waals surface area (Å²) in [6, 6.07) is 0. The zero-order chi connectivity index (χ0) is 14.1. The minimum atomic E-state index is -3.46. The molecule has 0 aromatic carbocycles. The molecule has 0 unspecified atom stereocenters. The molecule has 3 N–H and O–H groups in total. The lowest BCUT2D eigenvalue weighted by molar-refractivity contribution is 0.284. The fourth-order valence-corrected chi connectivity index (χ4v) is 4.89. The highest BCUT2D eigenvalue weighted by molar-refractivity contribution is 7.87. The lowest BCUT2D eigenvalue weighted by Crippen LogP contribution is -2.60. The van der Waals surface area contributed by atoms with Crippen molar-refractivity contribution in [3.05, 3.63) is 0 Å². The Hall–Kier alpha value is -0.240. The van der Waals surface area contributed by atoms with Gasteiger partial charge in [-0.25, -0.2) is 0 Å². The van der Waals surface area contributed by atoms with Crippen molar-refractivity contribution >= 4 is 27.4 Å². The van der Waals surface area contributed by atoms with Gasteiger partial charge in [0, 0.05) is 13.1 Å². The average molecular weight is 305 g/mol. The van der Waals surface area contributed by atoms with Crippen molar-refractivity contribution in [2.75, 3.05) is 13.1 Å². The maximum absolute atomic E-state index is 12.4. The standard InChI is InChI=1S/C12H23N3O2S2/c1-10-4-6-12(7-5-10,11(13)18)14-19(16,17)15-8-2-3-9-15/h10,14H,2-9H2,1H3,(H2,13,18). The van der Waals surface area contributed by atoms with E-state index in [1.54, 1.807) is 0 Å². The van der Waals surface area contributed by atoms with Gasteiger partial charge in [0.05, 0.1) is 10.5 Å². The van der Waals surface area contributed by atoms with E-state index in [1.807, 2.05) is 0 Å². The highest BCUT2D eigenvalue weighted by Gasteiger charge is 2.42. The third-order valence-electron chi connectivity index (χ3n) is 4.33. The number of hydrogen-bond acceptors (Lipinski definition) is 3. The number of thiocarbonyl (C=S) groups is 1. The van der Waals surface area contributed by atoms with Crippen LogP contribution in [0.3, 0.4) is 0 Å². The molecular weight excluding hydrogens is 282 g/mol. The summed E-state index contributed by atoms with van der Waals surface area (Å²) in [4.78, 5) is 0.280. The molecule has 1 aliphatic heterocycles. The van der Waals surface area contributed by atoms with Crippen molar-refractivity contribution in [1.29, 1.82) is 0 Å². The van der Waals surface area contributed by atoms with Gasteiger partial charge in [-0.2, -0.15) is 17.4 Å². The summed E-state index contributed by atoms with van der Waals surface area (Å²) < 4.78 is 29.1. The molecule has 0 amide bonds. The Morgan fingerprint density at radius 2 is 1.84 bits per heavy atom. The molecule has 1 aliphatic carbocycles. The Balaban J connectivity index is 2.15. The van der Waals surface area contributed by atoms with E-state index in [9.17, 15) is 8.42 Å². The minimum absolute atomic E-state index is 0.280. The Bertz CT molecular complexity index is 436. The van der Waals surface area contributed by atoms with E-state index in [0.717, 1.165) is 25.7 Å². The van der Waals surface area contributed by atoms with Crippen molar-refractivity contribution in [2.24, 2.45) is 11.7 Å². The van der Waals surface area contributed by atoms with E-state index in [1.165, 1.54) is 4.31 Å². The molecule has 5 nitrogen and oxygen atoms in total. The molecule has 2 rings (SSSR count). The van der Waals surface area contributed by atoms with Gasteiger partial charge >= 0.3 is 0 Å². The van der Waals surface area contributed by atoms with Crippen molar-refractivity contribution in [1.82, 2.24) is 9.03 Å². The molecule has 1 saturated carbocycles. The van der Waals surface area contributed by atoms with Gasteiger partial charge in [-0.3, -0.25) is 0 Å². The van der Waals surface area contributed by atoms with Gasteiger partial charge in [0.1, 0.15) is 0 Å². The molecule has 7 heteroatoms. The molecule has 0 aromatic rings. The summed E-state index contributed by atoms with van der Waals surface area (Å²) in [5.41, 5.74) is 5.12. The summed E-state index contributed by atoms with van der Waals surface area (Å²) in [7, 11) is -3.46. The number of nitrogens with zero attached hydrogens (tertiary/aromatic N) is 1. The maximum atomic E-state index is 12.4. The summed E-state index contributed by atoms with van der Waals surface area (Å²) >= 11 is 5.14. The van der Waals surface area contributed by atoms with Crippen molar-refractivity contribution in [3.63, 3.8) is 0 Å². The van der Waals surface area contributed by atoms with E-state index in [-0.39, 0.29) is 4.99 Å². The first kappa shape index (κ1) is 15.2. The largest absolute Gasteiger partial charge is 0.392 e. The Morgan fingerprint density at radius 3 is 2.32 bits per heavy atom. The van der Waals surface area contributed by atoms with Crippen LogP contribution in [0, 0.1) is 5.92 Å². The van der Waals surface area contributed by atoms with Gasteiger partial charge in [-0.1, -0.05) is 19.1 Å². The Morgan fingerprint density at radius 1 is 1.32 bits per heavy atom. The normalized spacial score (nSPS) is 33.4. The van der Waals surface area contributed by atoms with Gasteiger partial charge < -0.3 is 5.73 Å². The van der Waals surface area contributed by atoms with E-state index < -0.39 is 15.7 Å². The van der Waals surface area contributed by atoms with Gasteiger partial charge in [-0.15, -0.1) is 0 Å². The number of nitrogens with one attached hydrogen (secondary N) is 1. The first-order valence-corrected chi connectivity index (χ1v) is 8.79. The van der Waals surface area contributed by atoms with Crippen molar-refractivity contribution in [3.8, 4) is 0 Å². The lowest BCUT2D eigenvalue weighted by Gasteiger charge is -2.39. The molecule has 110 valence electrons. The maximum Gasteiger partial charge on any atom is 0.280 e. The van der Waals surface area contributed by atoms with Gasteiger partial charge in [-0.05, 0) is 44.4 Å². The van der Waals surface area contributed by atoms with E-state index in [2.05, 4.69) is 11.6 Å². The Kier molecular flexibility index (Phi) is 4.49. The first-order valence-electron chi connectivity index (χ1n) is 6.95. The molecule has 19 heavy (non-hydrogen) atoms. The van der Waals surface area contributed by atoms with E-state index in [0.29, 0.717) is 31.8 Å². The van der Waals surface area contributed by atoms with Crippen LogP contribution in [0.2, 0.25) is 0 Å². The molecule has 0 bridgehead atoms. The van der Waals surface area contributed by atoms with Gasteiger partial charge in [0.25, 0.3) is 10.2 Å². The second kappa shape index (κ2) is 5.63. The molecule has 2 aliphatic rings. The van der Waals surface area contributed by atoms with Crippen LogP contribution in [0.25, 0.3) is 0 Å². The zero-order valence-corrected chi connectivity index (χ0v) is 13.0. The van der Waals surface area contributed by atoms with Crippen LogP contribution >= 0.6 is 12.2 Å². The first-order chi connectivity index (χ1) is 8.86. The van der Waals surface area contributed by atoms with Gasteiger partial charge in [0.2, 0.25) is 0 Å². The van der Waals surface area contributed by atoms with Crippen LogP contribution in [0.4, 0.5) is 0 Å². The second-order valence-electron chi connectivity index (χ2n) is 5.84. The molecule has 0 aromatic heterocycles. The SMILES string of the molecule is CC1CCC(NS(=O)(=O)N2CCCC2)(C(N)=S)CC1. The molecule has 1 saturated heterocycles. The molecule has 2 fully saturated rings.